The van der Waals surface area contributed by atoms with Gasteiger partial charge in [-0.2, -0.15) is 0 Å². The van der Waals surface area contributed by atoms with E-state index in [0.717, 1.165) is 16.3 Å². The Hall–Kier alpha value is -2.41. The van der Waals surface area contributed by atoms with Crippen LogP contribution in [0, 0.1) is 5.92 Å². The molecule has 2 amide bonds. The fourth-order valence-electron chi connectivity index (χ4n) is 2.83. The van der Waals surface area contributed by atoms with E-state index in [1.165, 1.54) is 11.3 Å². The number of hydrogen-bond donors (Lipinski definition) is 2. The molecule has 1 fully saturated rings. The first-order valence-corrected chi connectivity index (χ1v) is 8.78. The van der Waals surface area contributed by atoms with Gasteiger partial charge in [0, 0.05) is 35.6 Å². The number of primary amides is 1. The summed E-state index contributed by atoms with van der Waals surface area (Å²) in [6, 6.07) is 7.53. The summed E-state index contributed by atoms with van der Waals surface area (Å²) in [5.41, 5.74) is 13.5. The van der Waals surface area contributed by atoms with Gasteiger partial charge in [0.2, 0.25) is 11.8 Å². The highest BCUT2D eigenvalue weighted by Gasteiger charge is 2.26. The lowest BCUT2D eigenvalue weighted by atomic mass is 9.96. The van der Waals surface area contributed by atoms with Crippen LogP contribution in [0.4, 0.5) is 5.69 Å². The van der Waals surface area contributed by atoms with Crippen molar-refractivity contribution in [3.63, 3.8) is 0 Å². The van der Waals surface area contributed by atoms with E-state index in [2.05, 4.69) is 4.98 Å². The average Bonchev–Trinajstić information content (AvgIpc) is 3.04. The van der Waals surface area contributed by atoms with Crippen molar-refractivity contribution in [1.29, 1.82) is 0 Å². The third-order valence-corrected chi connectivity index (χ3v) is 5.23. The summed E-state index contributed by atoms with van der Waals surface area (Å²) in [5.74, 6) is -0.327. The predicted molar refractivity (Wildman–Crippen MR) is 94.2 cm³/mol. The van der Waals surface area contributed by atoms with Crippen LogP contribution >= 0.6 is 11.3 Å². The number of amides is 2. The fraction of sp³-hybridized carbons (Fsp3) is 0.353. The highest BCUT2D eigenvalue weighted by atomic mass is 32.1. The molecule has 1 aliphatic heterocycles. The van der Waals surface area contributed by atoms with Crippen molar-refractivity contribution < 1.29 is 9.59 Å². The zero-order valence-electron chi connectivity index (χ0n) is 13.3. The summed E-state index contributed by atoms with van der Waals surface area (Å²) in [7, 11) is 0. The Morgan fingerprint density at radius 3 is 2.50 bits per heavy atom. The van der Waals surface area contributed by atoms with E-state index in [4.69, 9.17) is 11.5 Å². The molecule has 2 aromatic rings. The molecule has 4 N–H and O–H groups in total. The molecule has 1 aromatic carbocycles. The highest BCUT2D eigenvalue weighted by molar-refractivity contribution is 7.13. The van der Waals surface area contributed by atoms with E-state index in [1.54, 1.807) is 4.90 Å². The first kappa shape index (κ1) is 16.4. The van der Waals surface area contributed by atoms with Crippen LogP contribution in [0.25, 0.3) is 10.6 Å². The number of anilines is 1. The minimum Gasteiger partial charge on any atom is -0.399 e. The number of nitrogens with zero attached hydrogens (tertiary/aromatic N) is 2. The fourth-order valence-corrected chi connectivity index (χ4v) is 3.65. The van der Waals surface area contributed by atoms with Crippen LogP contribution in [0.15, 0.2) is 29.6 Å². The number of rotatable bonds is 4. The summed E-state index contributed by atoms with van der Waals surface area (Å²) >= 11 is 1.52. The smallest absolute Gasteiger partial charge is 0.228 e. The highest BCUT2D eigenvalue weighted by Crippen LogP contribution is 2.25. The van der Waals surface area contributed by atoms with Gasteiger partial charge < -0.3 is 16.4 Å². The number of likely N-dealkylation sites (tertiary alicyclic amines) is 1. The van der Waals surface area contributed by atoms with Crippen LogP contribution in [0.1, 0.15) is 18.5 Å². The van der Waals surface area contributed by atoms with Gasteiger partial charge in [-0.15, -0.1) is 11.3 Å². The molecular weight excluding hydrogens is 324 g/mol. The van der Waals surface area contributed by atoms with E-state index in [9.17, 15) is 9.59 Å². The van der Waals surface area contributed by atoms with Crippen LogP contribution in [-0.2, 0) is 16.0 Å². The van der Waals surface area contributed by atoms with Crippen LogP contribution in [-0.4, -0.2) is 34.8 Å². The number of aromatic nitrogens is 1. The lowest BCUT2D eigenvalue weighted by Gasteiger charge is -2.30. The third kappa shape index (κ3) is 3.73. The van der Waals surface area contributed by atoms with Gasteiger partial charge in [-0.25, -0.2) is 4.98 Å². The van der Waals surface area contributed by atoms with E-state index in [1.807, 2.05) is 29.6 Å². The molecule has 0 spiro atoms. The van der Waals surface area contributed by atoms with Gasteiger partial charge in [-0.05, 0) is 37.1 Å². The lowest BCUT2D eigenvalue weighted by molar-refractivity contribution is -0.134. The van der Waals surface area contributed by atoms with E-state index < -0.39 is 0 Å². The SMILES string of the molecule is NC(=O)C1CCN(C(=O)Cc2csc(-c3ccc(N)cc3)n2)CC1. The third-order valence-electron chi connectivity index (χ3n) is 4.29. The molecule has 7 heteroatoms. The molecule has 0 atom stereocenters. The molecule has 0 radical (unpaired) electrons. The Morgan fingerprint density at radius 1 is 1.21 bits per heavy atom. The molecule has 24 heavy (non-hydrogen) atoms. The molecule has 1 saturated heterocycles. The Labute approximate surface area is 144 Å². The van der Waals surface area contributed by atoms with Crippen molar-refractivity contribution in [1.82, 2.24) is 9.88 Å². The number of carbonyl (C=O) groups is 2. The predicted octanol–water partition coefficient (Wildman–Crippen LogP) is 1.66. The van der Waals surface area contributed by atoms with E-state index in [0.29, 0.717) is 31.6 Å². The number of hydrogen-bond acceptors (Lipinski definition) is 5. The number of nitrogen functional groups attached to an aromatic ring is 1. The largest absolute Gasteiger partial charge is 0.399 e. The average molecular weight is 344 g/mol. The summed E-state index contributed by atoms with van der Waals surface area (Å²) in [5, 5.41) is 2.80. The second kappa shape index (κ2) is 7.00. The summed E-state index contributed by atoms with van der Waals surface area (Å²) in [4.78, 5) is 29.9. The number of thiazole rings is 1. The van der Waals surface area contributed by atoms with Crippen LogP contribution in [0.5, 0.6) is 0 Å². The van der Waals surface area contributed by atoms with Gasteiger partial charge in [0.15, 0.2) is 0 Å². The first-order chi connectivity index (χ1) is 11.5. The Morgan fingerprint density at radius 2 is 1.88 bits per heavy atom. The number of carbonyl (C=O) groups excluding carboxylic acids is 2. The van der Waals surface area contributed by atoms with Crippen molar-refractivity contribution in [3.8, 4) is 10.6 Å². The van der Waals surface area contributed by atoms with Gasteiger partial charge in [-0.3, -0.25) is 9.59 Å². The molecule has 6 nitrogen and oxygen atoms in total. The Balaban J connectivity index is 1.59. The molecule has 126 valence electrons. The summed E-state index contributed by atoms with van der Waals surface area (Å²) < 4.78 is 0. The summed E-state index contributed by atoms with van der Waals surface area (Å²) in [6.07, 6.45) is 1.58. The number of nitrogens with two attached hydrogens (primary N) is 2. The number of piperidine rings is 1. The van der Waals surface area contributed by atoms with Crippen molar-refractivity contribution in [3.05, 3.63) is 35.3 Å². The zero-order valence-corrected chi connectivity index (χ0v) is 14.1. The van der Waals surface area contributed by atoms with Gasteiger partial charge in [0.1, 0.15) is 5.01 Å². The van der Waals surface area contributed by atoms with Gasteiger partial charge >= 0.3 is 0 Å². The van der Waals surface area contributed by atoms with Crippen LogP contribution in [0.3, 0.4) is 0 Å². The standard InChI is InChI=1S/C17H20N4O2S/c18-13-3-1-12(2-4-13)17-20-14(10-24-17)9-15(22)21-7-5-11(6-8-21)16(19)23/h1-4,10-11H,5-9,18H2,(H2,19,23). The minimum atomic E-state index is -0.269. The molecule has 0 bridgehead atoms. The second-order valence-corrected chi connectivity index (χ2v) is 6.86. The molecule has 1 aromatic heterocycles. The topological polar surface area (TPSA) is 102 Å². The molecule has 1 aliphatic rings. The Kier molecular flexibility index (Phi) is 4.80. The van der Waals surface area contributed by atoms with Gasteiger partial charge in [0.05, 0.1) is 12.1 Å². The minimum absolute atomic E-state index is 0.0482. The normalized spacial score (nSPS) is 15.4. The zero-order chi connectivity index (χ0) is 17.1. The van der Waals surface area contributed by atoms with Crippen LogP contribution < -0.4 is 11.5 Å². The van der Waals surface area contributed by atoms with Crippen LogP contribution in [0.2, 0.25) is 0 Å². The molecule has 3 rings (SSSR count). The van der Waals surface area contributed by atoms with Gasteiger partial charge in [-0.1, -0.05) is 0 Å². The Bertz CT molecular complexity index is 733. The maximum Gasteiger partial charge on any atom is 0.228 e. The molecular formula is C17H20N4O2S. The molecule has 2 heterocycles. The quantitative estimate of drug-likeness (QED) is 0.823. The maximum atomic E-state index is 12.4. The van der Waals surface area contributed by atoms with E-state index in [-0.39, 0.29) is 24.2 Å². The number of benzene rings is 1. The van der Waals surface area contributed by atoms with Crippen molar-refractivity contribution >= 4 is 28.8 Å². The monoisotopic (exact) mass is 344 g/mol. The van der Waals surface area contributed by atoms with Crippen molar-refractivity contribution in [2.45, 2.75) is 19.3 Å². The second-order valence-electron chi connectivity index (χ2n) is 6.00. The molecule has 0 saturated carbocycles. The van der Waals surface area contributed by atoms with E-state index >= 15 is 0 Å². The maximum absolute atomic E-state index is 12.4. The lowest BCUT2D eigenvalue weighted by Crippen LogP contribution is -2.42. The molecule has 0 unspecified atom stereocenters. The van der Waals surface area contributed by atoms with Crippen molar-refractivity contribution in [2.75, 3.05) is 18.8 Å². The first-order valence-electron chi connectivity index (χ1n) is 7.90. The summed E-state index contributed by atoms with van der Waals surface area (Å²) in [6.45, 7) is 1.17. The molecule has 0 aliphatic carbocycles. The van der Waals surface area contributed by atoms with Crippen molar-refractivity contribution in [2.24, 2.45) is 11.7 Å². The van der Waals surface area contributed by atoms with Gasteiger partial charge in [0.25, 0.3) is 0 Å².